The van der Waals surface area contributed by atoms with E-state index in [0.29, 0.717) is 0 Å². The first-order chi connectivity index (χ1) is 10.3. The normalized spacial score (nSPS) is 14.6. The van der Waals surface area contributed by atoms with Gasteiger partial charge in [0.05, 0.1) is 0 Å². The summed E-state index contributed by atoms with van der Waals surface area (Å²) in [5.74, 6) is 0. The molecule has 1 aliphatic rings. The zero-order chi connectivity index (χ0) is 15.2. The molecule has 1 aliphatic heterocycles. The molecule has 0 aromatic carbocycles. The van der Waals surface area contributed by atoms with E-state index in [1.54, 1.807) is 0 Å². The standard InChI is InChI=1S/C20H37N/c1-3-4-5-6-7-8-9-10-11-12-13-14-17-21-18-15-20(2)16-19-21/h15-16,18H,3-14,17,19H2,1-2H3. The highest BCUT2D eigenvalue weighted by molar-refractivity contribution is 5.19. The average Bonchev–Trinajstić information content (AvgIpc) is 2.50. The van der Waals surface area contributed by atoms with E-state index in [9.17, 15) is 0 Å². The Morgan fingerprint density at radius 1 is 0.810 bits per heavy atom. The molecule has 0 atom stereocenters. The molecule has 21 heavy (non-hydrogen) atoms. The summed E-state index contributed by atoms with van der Waals surface area (Å²) in [5.41, 5.74) is 1.40. The van der Waals surface area contributed by atoms with Crippen molar-refractivity contribution < 1.29 is 0 Å². The Morgan fingerprint density at radius 2 is 1.33 bits per heavy atom. The van der Waals surface area contributed by atoms with Crippen LogP contribution >= 0.6 is 0 Å². The van der Waals surface area contributed by atoms with Crippen LogP contribution in [-0.2, 0) is 0 Å². The van der Waals surface area contributed by atoms with Crippen molar-refractivity contribution in [1.29, 1.82) is 0 Å². The maximum absolute atomic E-state index is 2.43. The Labute approximate surface area is 133 Å². The fourth-order valence-corrected chi connectivity index (χ4v) is 2.93. The van der Waals surface area contributed by atoms with Crippen molar-refractivity contribution in [3.63, 3.8) is 0 Å². The van der Waals surface area contributed by atoms with Gasteiger partial charge < -0.3 is 4.90 Å². The van der Waals surface area contributed by atoms with Crippen LogP contribution in [0, 0.1) is 0 Å². The summed E-state index contributed by atoms with van der Waals surface area (Å²) in [5, 5.41) is 0. The zero-order valence-electron chi connectivity index (χ0n) is 14.6. The summed E-state index contributed by atoms with van der Waals surface area (Å²) in [6.45, 7) is 6.81. The smallest absolute Gasteiger partial charge is 0.0359 e. The van der Waals surface area contributed by atoms with E-state index >= 15 is 0 Å². The van der Waals surface area contributed by atoms with Crippen LogP contribution in [0.4, 0.5) is 0 Å². The first-order valence-corrected chi connectivity index (χ1v) is 9.42. The van der Waals surface area contributed by atoms with Gasteiger partial charge in [-0.15, -0.1) is 0 Å². The molecule has 0 aromatic heterocycles. The minimum Gasteiger partial charge on any atom is -0.374 e. The maximum Gasteiger partial charge on any atom is 0.0359 e. The summed E-state index contributed by atoms with van der Waals surface area (Å²) in [4.78, 5) is 2.43. The van der Waals surface area contributed by atoms with Crippen LogP contribution in [0.15, 0.2) is 23.9 Å². The topological polar surface area (TPSA) is 3.24 Å². The lowest BCUT2D eigenvalue weighted by molar-refractivity contribution is 0.390. The Balaban J connectivity index is 1.76. The largest absolute Gasteiger partial charge is 0.374 e. The molecule has 1 rings (SSSR count). The zero-order valence-corrected chi connectivity index (χ0v) is 14.6. The molecular weight excluding hydrogens is 254 g/mol. The van der Waals surface area contributed by atoms with Crippen LogP contribution in [0.2, 0.25) is 0 Å². The number of nitrogens with zero attached hydrogens (tertiary/aromatic N) is 1. The van der Waals surface area contributed by atoms with Gasteiger partial charge in [0.25, 0.3) is 0 Å². The highest BCUT2D eigenvalue weighted by Crippen LogP contribution is 2.13. The second-order valence-electron chi connectivity index (χ2n) is 6.65. The van der Waals surface area contributed by atoms with E-state index in [-0.39, 0.29) is 0 Å². The Kier molecular flexibility index (Phi) is 11.3. The number of rotatable bonds is 13. The minimum absolute atomic E-state index is 1.11. The summed E-state index contributed by atoms with van der Waals surface area (Å²) in [6, 6.07) is 0. The van der Waals surface area contributed by atoms with E-state index in [1.165, 1.54) is 89.2 Å². The molecule has 0 saturated carbocycles. The highest BCUT2D eigenvalue weighted by atomic mass is 15.1. The van der Waals surface area contributed by atoms with Crippen molar-refractivity contribution in [2.24, 2.45) is 0 Å². The van der Waals surface area contributed by atoms with Crippen molar-refractivity contribution in [3.05, 3.63) is 23.9 Å². The SMILES string of the molecule is CCCCCCCCCCCCCCN1C=CC(C)=CC1. The lowest BCUT2D eigenvalue weighted by Gasteiger charge is -2.21. The predicted octanol–water partition coefficient (Wildman–Crippen LogP) is 6.46. The van der Waals surface area contributed by atoms with Gasteiger partial charge in [-0.3, -0.25) is 0 Å². The van der Waals surface area contributed by atoms with Gasteiger partial charge in [0.1, 0.15) is 0 Å². The molecule has 1 heterocycles. The lowest BCUT2D eigenvalue weighted by atomic mass is 10.1. The molecule has 1 heteroatoms. The van der Waals surface area contributed by atoms with Gasteiger partial charge in [-0.2, -0.15) is 0 Å². The van der Waals surface area contributed by atoms with Gasteiger partial charge in [0.15, 0.2) is 0 Å². The molecule has 0 spiro atoms. The van der Waals surface area contributed by atoms with Crippen LogP contribution in [0.25, 0.3) is 0 Å². The summed E-state index contributed by atoms with van der Waals surface area (Å²) in [7, 11) is 0. The Hall–Kier alpha value is -0.720. The Bertz CT molecular complexity index is 290. The number of hydrogen-bond donors (Lipinski definition) is 0. The molecule has 1 nitrogen and oxygen atoms in total. The second-order valence-corrected chi connectivity index (χ2v) is 6.65. The third kappa shape index (κ3) is 10.6. The monoisotopic (exact) mass is 291 g/mol. The van der Waals surface area contributed by atoms with Crippen molar-refractivity contribution in [2.45, 2.75) is 90.9 Å². The fourth-order valence-electron chi connectivity index (χ4n) is 2.93. The van der Waals surface area contributed by atoms with E-state index in [1.807, 2.05) is 0 Å². The molecule has 0 aromatic rings. The second kappa shape index (κ2) is 13.0. The van der Waals surface area contributed by atoms with Crippen LogP contribution < -0.4 is 0 Å². The van der Waals surface area contributed by atoms with E-state index in [2.05, 4.69) is 37.1 Å². The minimum atomic E-state index is 1.11. The summed E-state index contributed by atoms with van der Waals surface area (Å²) >= 11 is 0. The van der Waals surface area contributed by atoms with Crippen molar-refractivity contribution >= 4 is 0 Å². The van der Waals surface area contributed by atoms with Gasteiger partial charge >= 0.3 is 0 Å². The number of unbranched alkanes of at least 4 members (excludes halogenated alkanes) is 11. The molecule has 0 bridgehead atoms. The maximum atomic E-state index is 2.43. The van der Waals surface area contributed by atoms with Crippen molar-refractivity contribution in [3.8, 4) is 0 Å². The Morgan fingerprint density at radius 3 is 1.81 bits per heavy atom. The first kappa shape index (κ1) is 18.3. The highest BCUT2D eigenvalue weighted by Gasteiger charge is 2.01. The molecule has 0 radical (unpaired) electrons. The fraction of sp³-hybridized carbons (Fsp3) is 0.800. The van der Waals surface area contributed by atoms with Gasteiger partial charge in [0, 0.05) is 13.1 Å². The molecule has 0 saturated heterocycles. The third-order valence-electron chi connectivity index (χ3n) is 4.49. The van der Waals surface area contributed by atoms with Crippen molar-refractivity contribution in [2.75, 3.05) is 13.1 Å². The van der Waals surface area contributed by atoms with Gasteiger partial charge in [-0.25, -0.2) is 0 Å². The molecular formula is C20H37N. The van der Waals surface area contributed by atoms with E-state index in [4.69, 9.17) is 0 Å². The third-order valence-corrected chi connectivity index (χ3v) is 4.49. The van der Waals surface area contributed by atoms with Gasteiger partial charge in [-0.1, -0.05) is 89.2 Å². The molecule has 122 valence electrons. The van der Waals surface area contributed by atoms with Crippen LogP contribution in [0.1, 0.15) is 90.9 Å². The summed E-state index contributed by atoms with van der Waals surface area (Å²) in [6.07, 6.45) is 24.0. The summed E-state index contributed by atoms with van der Waals surface area (Å²) < 4.78 is 0. The average molecular weight is 292 g/mol. The quantitative estimate of drug-likeness (QED) is 0.352. The van der Waals surface area contributed by atoms with Gasteiger partial charge in [-0.05, 0) is 25.6 Å². The lowest BCUT2D eigenvalue weighted by Crippen LogP contribution is -2.20. The van der Waals surface area contributed by atoms with Crippen LogP contribution in [0.5, 0.6) is 0 Å². The van der Waals surface area contributed by atoms with Gasteiger partial charge in [0.2, 0.25) is 0 Å². The number of allylic oxidation sites excluding steroid dienone is 2. The molecule has 0 unspecified atom stereocenters. The van der Waals surface area contributed by atoms with Crippen LogP contribution in [0.3, 0.4) is 0 Å². The molecule has 0 amide bonds. The van der Waals surface area contributed by atoms with E-state index < -0.39 is 0 Å². The first-order valence-electron chi connectivity index (χ1n) is 9.42. The number of hydrogen-bond acceptors (Lipinski definition) is 1. The predicted molar refractivity (Wildman–Crippen MR) is 95.5 cm³/mol. The van der Waals surface area contributed by atoms with E-state index in [0.717, 1.165) is 6.54 Å². The van der Waals surface area contributed by atoms with Crippen molar-refractivity contribution in [1.82, 2.24) is 4.90 Å². The molecule has 0 aliphatic carbocycles. The van der Waals surface area contributed by atoms with Crippen LogP contribution in [-0.4, -0.2) is 18.0 Å². The molecule has 0 N–H and O–H groups in total. The molecule has 0 fully saturated rings.